The zero-order valence-electron chi connectivity index (χ0n) is 19.1. The lowest BCUT2D eigenvalue weighted by Crippen LogP contribution is -2.26. The Morgan fingerprint density at radius 3 is 2.16 bits per heavy atom. The van der Waals surface area contributed by atoms with Gasteiger partial charge >= 0.3 is 0 Å². The maximum atomic E-state index is 12.6. The van der Waals surface area contributed by atoms with Gasteiger partial charge in [-0.25, -0.2) is 13.1 Å². The highest BCUT2D eigenvalue weighted by molar-refractivity contribution is 7.89. The zero-order valence-corrected chi connectivity index (χ0v) is 19.9. The molecule has 0 atom stereocenters. The standard InChI is InChI=1S/C24H34N2O4S/c1-18(2)30-16-6-15-25-23(27)20-9-7-19(8-10-20)17-26-31(28,29)22-13-11-21(12-14-22)24(3,4)5/h7-14,18,26H,6,15-17H2,1-5H3,(H,25,27). The largest absolute Gasteiger partial charge is 0.379 e. The fourth-order valence-electron chi connectivity index (χ4n) is 2.86. The Kier molecular flexibility index (Phi) is 8.79. The maximum absolute atomic E-state index is 12.6. The van der Waals surface area contributed by atoms with E-state index in [2.05, 4.69) is 30.8 Å². The van der Waals surface area contributed by atoms with Crippen molar-refractivity contribution in [3.63, 3.8) is 0 Å². The molecule has 0 spiro atoms. The molecule has 0 unspecified atom stereocenters. The van der Waals surface area contributed by atoms with Gasteiger partial charge in [0, 0.05) is 25.3 Å². The van der Waals surface area contributed by atoms with E-state index in [0.717, 1.165) is 17.5 Å². The second-order valence-corrected chi connectivity index (χ2v) is 10.6. The van der Waals surface area contributed by atoms with Crippen molar-refractivity contribution >= 4 is 15.9 Å². The van der Waals surface area contributed by atoms with Crippen LogP contribution in [0, 0.1) is 0 Å². The van der Waals surface area contributed by atoms with Crippen LogP contribution in [0.4, 0.5) is 0 Å². The van der Waals surface area contributed by atoms with Crippen molar-refractivity contribution in [1.29, 1.82) is 0 Å². The van der Waals surface area contributed by atoms with Gasteiger partial charge in [0.1, 0.15) is 0 Å². The summed E-state index contributed by atoms with van der Waals surface area (Å²) in [5, 5.41) is 2.85. The second kappa shape index (κ2) is 10.9. The number of amides is 1. The summed E-state index contributed by atoms with van der Waals surface area (Å²) in [6.07, 6.45) is 0.934. The Morgan fingerprint density at radius 2 is 1.61 bits per heavy atom. The molecule has 170 valence electrons. The van der Waals surface area contributed by atoms with Crippen LogP contribution < -0.4 is 10.0 Å². The lowest BCUT2D eigenvalue weighted by Gasteiger charge is -2.19. The molecule has 31 heavy (non-hydrogen) atoms. The summed E-state index contributed by atoms with van der Waals surface area (Å²) >= 11 is 0. The number of benzene rings is 2. The summed E-state index contributed by atoms with van der Waals surface area (Å²) in [6, 6.07) is 13.8. The normalized spacial score (nSPS) is 12.2. The third kappa shape index (κ3) is 8.09. The van der Waals surface area contributed by atoms with Gasteiger partial charge in [-0.2, -0.15) is 0 Å². The maximum Gasteiger partial charge on any atom is 0.251 e. The molecule has 7 heteroatoms. The molecule has 0 aliphatic carbocycles. The van der Waals surface area contributed by atoms with Crippen LogP contribution in [-0.2, 0) is 26.7 Å². The van der Waals surface area contributed by atoms with E-state index in [1.54, 1.807) is 36.4 Å². The van der Waals surface area contributed by atoms with Crippen molar-refractivity contribution < 1.29 is 17.9 Å². The van der Waals surface area contributed by atoms with E-state index >= 15 is 0 Å². The Labute approximate surface area is 186 Å². The summed E-state index contributed by atoms with van der Waals surface area (Å²) < 4.78 is 33.2. The van der Waals surface area contributed by atoms with Crippen LogP contribution >= 0.6 is 0 Å². The summed E-state index contributed by atoms with van der Waals surface area (Å²) in [7, 11) is -3.61. The molecule has 0 radical (unpaired) electrons. The quantitative estimate of drug-likeness (QED) is 0.540. The molecule has 2 aromatic carbocycles. The predicted octanol–water partition coefficient (Wildman–Crippen LogP) is 4.01. The van der Waals surface area contributed by atoms with Gasteiger partial charge in [0.2, 0.25) is 10.0 Å². The average Bonchev–Trinajstić information content (AvgIpc) is 2.71. The summed E-state index contributed by atoms with van der Waals surface area (Å²) in [5.74, 6) is -0.157. The van der Waals surface area contributed by atoms with Crippen LogP contribution in [0.2, 0.25) is 0 Å². The van der Waals surface area contributed by atoms with Crippen LogP contribution in [0.25, 0.3) is 0 Å². The second-order valence-electron chi connectivity index (χ2n) is 8.82. The van der Waals surface area contributed by atoms with Crippen LogP contribution in [0.5, 0.6) is 0 Å². The lowest BCUT2D eigenvalue weighted by molar-refractivity contribution is 0.0757. The Hall–Kier alpha value is -2.22. The molecule has 2 N–H and O–H groups in total. The van der Waals surface area contributed by atoms with E-state index in [-0.39, 0.29) is 28.9 Å². The van der Waals surface area contributed by atoms with Gasteiger partial charge in [0.25, 0.3) is 5.91 Å². The minimum Gasteiger partial charge on any atom is -0.379 e. The molecule has 0 bridgehead atoms. The molecule has 2 aromatic rings. The molecule has 0 aromatic heterocycles. The first kappa shape index (κ1) is 25.0. The highest BCUT2D eigenvalue weighted by Gasteiger charge is 2.17. The number of nitrogens with one attached hydrogen (secondary N) is 2. The van der Waals surface area contributed by atoms with Crippen molar-refractivity contribution in [2.24, 2.45) is 0 Å². The topological polar surface area (TPSA) is 84.5 Å². The summed E-state index contributed by atoms with van der Waals surface area (Å²) in [6.45, 7) is 11.5. The lowest BCUT2D eigenvalue weighted by atomic mass is 9.87. The van der Waals surface area contributed by atoms with Gasteiger partial charge in [0.05, 0.1) is 11.0 Å². The molecule has 0 fully saturated rings. The van der Waals surface area contributed by atoms with Gasteiger partial charge in [-0.05, 0) is 61.1 Å². The number of carbonyl (C=O) groups is 1. The first-order valence-corrected chi connectivity index (χ1v) is 12.1. The van der Waals surface area contributed by atoms with Crippen molar-refractivity contribution in [3.8, 4) is 0 Å². The minimum absolute atomic E-state index is 0.0361. The molecular weight excluding hydrogens is 412 g/mol. The minimum atomic E-state index is -3.61. The van der Waals surface area contributed by atoms with Gasteiger partial charge in [0.15, 0.2) is 0 Å². The van der Waals surface area contributed by atoms with E-state index in [1.807, 2.05) is 26.0 Å². The number of sulfonamides is 1. The highest BCUT2D eigenvalue weighted by atomic mass is 32.2. The Balaban J connectivity index is 1.87. The predicted molar refractivity (Wildman–Crippen MR) is 124 cm³/mol. The molecule has 2 rings (SSSR count). The van der Waals surface area contributed by atoms with Crippen LogP contribution in [0.3, 0.4) is 0 Å². The fourth-order valence-corrected chi connectivity index (χ4v) is 3.88. The molecular formula is C24H34N2O4S. The monoisotopic (exact) mass is 446 g/mol. The number of ether oxygens (including phenoxy) is 1. The summed E-state index contributed by atoms with van der Waals surface area (Å²) in [4.78, 5) is 12.4. The highest BCUT2D eigenvalue weighted by Crippen LogP contribution is 2.23. The van der Waals surface area contributed by atoms with Crippen molar-refractivity contribution in [2.45, 2.75) is 64.0 Å². The number of hydrogen-bond donors (Lipinski definition) is 2. The number of hydrogen-bond acceptors (Lipinski definition) is 4. The van der Waals surface area contributed by atoms with Gasteiger partial charge in [-0.3, -0.25) is 4.79 Å². The molecule has 0 heterocycles. The molecule has 0 aliphatic rings. The fraction of sp³-hybridized carbons (Fsp3) is 0.458. The molecule has 0 saturated carbocycles. The van der Waals surface area contributed by atoms with E-state index in [4.69, 9.17) is 4.74 Å². The first-order valence-electron chi connectivity index (χ1n) is 10.6. The van der Waals surface area contributed by atoms with E-state index in [1.165, 1.54) is 0 Å². The van der Waals surface area contributed by atoms with Crippen LogP contribution in [0.1, 0.15) is 62.5 Å². The van der Waals surface area contributed by atoms with Crippen molar-refractivity contribution in [3.05, 3.63) is 65.2 Å². The smallest absolute Gasteiger partial charge is 0.251 e. The van der Waals surface area contributed by atoms with Crippen LogP contribution in [0.15, 0.2) is 53.4 Å². The third-order valence-corrected chi connectivity index (χ3v) is 6.19. The molecule has 6 nitrogen and oxygen atoms in total. The third-order valence-electron chi connectivity index (χ3n) is 4.77. The molecule has 0 saturated heterocycles. The van der Waals surface area contributed by atoms with E-state index in [9.17, 15) is 13.2 Å². The van der Waals surface area contributed by atoms with Crippen molar-refractivity contribution in [2.75, 3.05) is 13.2 Å². The molecule has 0 aliphatic heterocycles. The first-order chi connectivity index (χ1) is 14.5. The zero-order chi connectivity index (χ0) is 23.1. The van der Waals surface area contributed by atoms with E-state index in [0.29, 0.717) is 18.7 Å². The van der Waals surface area contributed by atoms with Crippen LogP contribution in [-0.4, -0.2) is 33.6 Å². The number of carbonyl (C=O) groups excluding carboxylic acids is 1. The summed E-state index contributed by atoms with van der Waals surface area (Å²) in [5.41, 5.74) is 2.35. The van der Waals surface area contributed by atoms with E-state index < -0.39 is 10.0 Å². The number of rotatable bonds is 10. The Bertz CT molecular complexity index is 945. The average molecular weight is 447 g/mol. The van der Waals surface area contributed by atoms with Gasteiger partial charge in [-0.15, -0.1) is 0 Å². The Morgan fingerprint density at radius 1 is 1.00 bits per heavy atom. The van der Waals surface area contributed by atoms with Gasteiger partial charge in [-0.1, -0.05) is 45.0 Å². The SMILES string of the molecule is CC(C)OCCCNC(=O)c1ccc(CNS(=O)(=O)c2ccc(C(C)(C)C)cc2)cc1. The van der Waals surface area contributed by atoms with Gasteiger partial charge < -0.3 is 10.1 Å². The van der Waals surface area contributed by atoms with Crippen molar-refractivity contribution in [1.82, 2.24) is 10.0 Å². The molecule has 1 amide bonds.